The van der Waals surface area contributed by atoms with Crippen molar-refractivity contribution in [3.05, 3.63) is 43.6 Å². The summed E-state index contributed by atoms with van der Waals surface area (Å²) in [5.74, 6) is -0.215. The molecule has 2 aromatic rings. The number of ketones is 1. The molecule has 0 fully saturated rings. The lowest BCUT2D eigenvalue weighted by atomic mass is 10.1. The van der Waals surface area contributed by atoms with Crippen molar-refractivity contribution in [1.82, 2.24) is 0 Å². The lowest BCUT2D eigenvalue weighted by molar-refractivity contribution is -0.116. The van der Waals surface area contributed by atoms with Gasteiger partial charge in [-0.3, -0.25) is 9.59 Å². The molecule has 0 radical (unpaired) electrons. The van der Waals surface area contributed by atoms with Crippen LogP contribution in [0.4, 0.5) is 11.4 Å². The molecule has 0 spiro atoms. The molecule has 122 valence electrons. The number of nitrogens with one attached hydrogen (secondary N) is 1. The number of thiophene rings is 1. The van der Waals surface area contributed by atoms with Gasteiger partial charge in [0.25, 0.3) is 0 Å². The van der Waals surface area contributed by atoms with Crippen LogP contribution >= 0.6 is 27.3 Å². The van der Waals surface area contributed by atoms with Gasteiger partial charge < -0.3 is 11.1 Å². The zero-order valence-corrected chi connectivity index (χ0v) is 15.7. The molecule has 1 aromatic heterocycles. The van der Waals surface area contributed by atoms with E-state index < -0.39 is 0 Å². The van der Waals surface area contributed by atoms with Gasteiger partial charge in [0, 0.05) is 32.6 Å². The molecule has 0 unspecified atom stereocenters. The van der Waals surface area contributed by atoms with E-state index in [2.05, 4.69) is 21.2 Å². The molecule has 2 rings (SSSR count). The molecule has 4 nitrogen and oxygen atoms in total. The summed E-state index contributed by atoms with van der Waals surface area (Å²) >= 11 is 4.98. The first-order chi connectivity index (χ1) is 10.8. The highest BCUT2D eigenvalue weighted by molar-refractivity contribution is 9.10. The van der Waals surface area contributed by atoms with Crippen molar-refractivity contribution in [1.29, 1.82) is 0 Å². The van der Waals surface area contributed by atoms with Crippen LogP contribution in [0.2, 0.25) is 0 Å². The maximum atomic E-state index is 12.2. The van der Waals surface area contributed by atoms with E-state index in [9.17, 15) is 9.59 Å². The summed E-state index contributed by atoms with van der Waals surface area (Å²) in [7, 11) is 0. The highest BCUT2D eigenvalue weighted by atomic mass is 79.9. The van der Waals surface area contributed by atoms with E-state index in [1.807, 2.05) is 32.9 Å². The maximum absolute atomic E-state index is 12.2. The van der Waals surface area contributed by atoms with Gasteiger partial charge in [-0.1, -0.05) is 15.9 Å². The monoisotopic (exact) mass is 394 g/mol. The second kappa shape index (κ2) is 7.27. The third-order valence-electron chi connectivity index (χ3n) is 3.55. The predicted molar refractivity (Wildman–Crippen MR) is 99.3 cm³/mol. The lowest BCUT2D eigenvalue weighted by Gasteiger charge is -2.11. The fourth-order valence-corrected chi connectivity index (χ4v) is 3.85. The first-order valence-corrected chi connectivity index (χ1v) is 8.84. The third kappa shape index (κ3) is 4.42. The van der Waals surface area contributed by atoms with Crippen LogP contribution in [-0.2, 0) is 4.79 Å². The number of hydrogen-bond acceptors (Lipinski definition) is 4. The SMILES string of the molecule is Cc1cc(C(=O)CCC(=O)Nc2cc(Br)cc(C)c2N)c(C)s1. The number of anilines is 2. The number of carbonyl (C=O) groups excluding carboxylic acids is 2. The first-order valence-electron chi connectivity index (χ1n) is 7.23. The molecule has 0 aliphatic heterocycles. The van der Waals surface area contributed by atoms with E-state index in [0.29, 0.717) is 11.4 Å². The van der Waals surface area contributed by atoms with Gasteiger partial charge >= 0.3 is 0 Å². The van der Waals surface area contributed by atoms with Crippen LogP contribution in [0.1, 0.15) is 38.5 Å². The molecule has 3 N–H and O–H groups in total. The summed E-state index contributed by atoms with van der Waals surface area (Å²) < 4.78 is 0.847. The minimum absolute atomic E-state index is 0.000365. The average Bonchev–Trinajstić information content (AvgIpc) is 2.80. The standard InChI is InChI=1S/C17H19BrN2O2S/c1-9-6-12(18)8-14(17(9)19)20-16(22)5-4-15(21)13-7-10(2)23-11(13)3/h6-8H,4-5,19H2,1-3H3,(H,20,22). The number of amides is 1. The molecule has 0 atom stereocenters. The number of Topliss-reactive ketones (excluding diaryl/α,β-unsaturated/α-hetero) is 1. The molecule has 0 saturated heterocycles. The topological polar surface area (TPSA) is 72.2 Å². The molecular weight excluding hydrogens is 376 g/mol. The van der Waals surface area contributed by atoms with Crippen LogP contribution in [0, 0.1) is 20.8 Å². The summed E-state index contributed by atoms with van der Waals surface area (Å²) in [6.07, 6.45) is 0.327. The zero-order chi connectivity index (χ0) is 17.1. The molecule has 0 aliphatic carbocycles. The number of nitrogen functional groups attached to an aromatic ring is 1. The van der Waals surface area contributed by atoms with Crippen molar-refractivity contribution in [2.75, 3.05) is 11.1 Å². The second-order valence-corrected chi connectivity index (χ2v) is 7.86. The van der Waals surface area contributed by atoms with Gasteiger partial charge in [-0.25, -0.2) is 0 Å². The molecule has 23 heavy (non-hydrogen) atoms. The summed E-state index contributed by atoms with van der Waals surface area (Å²) in [5.41, 5.74) is 8.68. The number of rotatable bonds is 5. The summed E-state index contributed by atoms with van der Waals surface area (Å²) in [4.78, 5) is 26.4. The van der Waals surface area contributed by atoms with Crippen LogP contribution in [0.15, 0.2) is 22.7 Å². The number of carbonyl (C=O) groups is 2. The third-order valence-corrected chi connectivity index (χ3v) is 4.97. The van der Waals surface area contributed by atoms with Crippen molar-refractivity contribution in [3.63, 3.8) is 0 Å². The highest BCUT2D eigenvalue weighted by Gasteiger charge is 2.15. The fraction of sp³-hybridized carbons (Fsp3) is 0.294. The van der Waals surface area contributed by atoms with Gasteiger partial charge in [-0.05, 0) is 44.5 Å². The Labute approximate surface area is 148 Å². The Kier molecular flexibility index (Phi) is 5.59. The van der Waals surface area contributed by atoms with E-state index in [1.54, 1.807) is 17.4 Å². The van der Waals surface area contributed by atoms with Crippen molar-refractivity contribution in [2.24, 2.45) is 0 Å². The smallest absolute Gasteiger partial charge is 0.224 e. The van der Waals surface area contributed by atoms with E-state index in [4.69, 9.17) is 5.73 Å². The predicted octanol–water partition coefficient (Wildman–Crippen LogP) is 4.62. The van der Waals surface area contributed by atoms with Gasteiger partial charge in [-0.2, -0.15) is 0 Å². The van der Waals surface area contributed by atoms with Crippen molar-refractivity contribution >= 4 is 50.3 Å². The van der Waals surface area contributed by atoms with Crippen molar-refractivity contribution in [3.8, 4) is 0 Å². The second-order valence-electron chi connectivity index (χ2n) is 5.48. The van der Waals surface area contributed by atoms with Crippen LogP contribution in [0.25, 0.3) is 0 Å². The largest absolute Gasteiger partial charge is 0.397 e. The van der Waals surface area contributed by atoms with E-state index in [0.717, 1.165) is 25.4 Å². The Morgan fingerprint density at radius 2 is 1.87 bits per heavy atom. The minimum atomic E-state index is -0.216. The number of halogens is 1. The molecule has 0 bridgehead atoms. The molecule has 1 aromatic carbocycles. The number of hydrogen-bond donors (Lipinski definition) is 2. The fourth-order valence-electron chi connectivity index (χ4n) is 2.34. The number of benzene rings is 1. The van der Waals surface area contributed by atoms with Crippen LogP contribution in [0.3, 0.4) is 0 Å². The molecule has 6 heteroatoms. The van der Waals surface area contributed by atoms with Gasteiger partial charge in [0.2, 0.25) is 5.91 Å². The molecule has 1 amide bonds. The Balaban J connectivity index is 1.98. The zero-order valence-electron chi connectivity index (χ0n) is 13.3. The quantitative estimate of drug-likeness (QED) is 0.573. The Hall–Kier alpha value is -1.66. The van der Waals surface area contributed by atoms with Crippen molar-refractivity contribution in [2.45, 2.75) is 33.6 Å². The molecule has 0 aliphatic rings. The summed E-state index contributed by atoms with van der Waals surface area (Å²) in [6.45, 7) is 5.77. The van der Waals surface area contributed by atoms with E-state index in [-0.39, 0.29) is 24.5 Å². The Bertz CT molecular complexity index is 768. The van der Waals surface area contributed by atoms with Crippen molar-refractivity contribution < 1.29 is 9.59 Å². The minimum Gasteiger partial charge on any atom is -0.397 e. The molecular formula is C17H19BrN2O2S. The van der Waals surface area contributed by atoms with Gasteiger partial charge in [0.1, 0.15) is 0 Å². The maximum Gasteiger partial charge on any atom is 0.224 e. The van der Waals surface area contributed by atoms with Gasteiger partial charge in [0.05, 0.1) is 11.4 Å². The van der Waals surface area contributed by atoms with Gasteiger partial charge in [0.15, 0.2) is 5.78 Å². The molecule has 1 heterocycles. The lowest BCUT2D eigenvalue weighted by Crippen LogP contribution is -2.15. The first kappa shape index (κ1) is 17.7. The summed E-state index contributed by atoms with van der Waals surface area (Å²) in [5, 5.41) is 2.77. The summed E-state index contributed by atoms with van der Waals surface area (Å²) in [6, 6.07) is 5.53. The van der Waals surface area contributed by atoms with Crippen LogP contribution in [0.5, 0.6) is 0 Å². The molecule has 0 saturated carbocycles. The van der Waals surface area contributed by atoms with E-state index in [1.165, 1.54) is 0 Å². The normalized spacial score (nSPS) is 10.6. The number of aryl methyl sites for hydroxylation is 3. The van der Waals surface area contributed by atoms with Gasteiger partial charge in [-0.15, -0.1) is 11.3 Å². The van der Waals surface area contributed by atoms with E-state index >= 15 is 0 Å². The number of nitrogens with two attached hydrogens (primary N) is 1. The van der Waals surface area contributed by atoms with Crippen LogP contribution in [-0.4, -0.2) is 11.7 Å². The Morgan fingerprint density at radius 1 is 1.17 bits per heavy atom. The average molecular weight is 395 g/mol. The Morgan fingerprint density at radius 3 is 2.48 bits per heavy atom. The highest BCUT2D eigenvalue weighted by Crippen LogP contribution is 2.28. The van der Waals surface area contributed by atoms with Crippen LogP contribution < -0.4 is 11.1 Å².